The highest BCUT2D eigenvalue weighted by Crippen LogP contribution is 2.46. The first-order valence-electron chi connectivity index (χ1n) is 13.5. The number of likely N-dealkylation sites (tertiary alicyclic amines) is 1. The Morgan fingerprint density at radius 2 is 1.41 bits per heavy atom. The van der Waals surface area contributed by atoms with Crippen LogP contribution in [0.3, 0.4) is 0 Å². The van der Waals surface area contributed by atoms with Crippen LogP contribution in [-0.4, -0.2) is 49.3 Å². The molecular weight excluding hydrogens is 421 g/mol. The van der Waals surface area contributed by atoms with Crippen molar-refractivity contribution in [2.24, 2.45) is 0 Å². The Balaban J connectivity index is 1.91. The molecular formula is C26H53NO4P+. The first-order valence-corrected chi connectivity index (χ1v) is 15.0. The number of hydrogen-bond acceptors (Lipinski definition) is 3. The Kier molecular flexibility index (Phi) is 17.0. The van der Waals surface area contributed by atoms with Gasteiger partial charge in [-0.25, -0.2) is 4.57 Å². The minimum absolute atomic E-state index is 0.162. The van der Waals surface area contributed by atoms with Gasteiger partial charge in [-0.05, 0) is 44.9 Å². The zero-order valence-electron chi connectivity index (χ0n) is 21.4. The standard InChI is InChI=1S/C26H52NO4P/c1-4-5-6-7-8-9-10-11-12-13-14-15-16-17-18-19-25-30-32(28,29)31-26-21-20-23-27(2,3)24-22-26/h11-12,26H,4-10,13-25H2,1-3H3/p+1. The molecule has 0 amide bonds. The van der Waals surface area contributed by atoms with Crippen molar-refractivity contribution in [3.05, 3.63) is 12.2 Å². The largest absolute Gasteiger partial charge is 0.472 e. The summed E-state index contributed by atoms with van der Waals surface area (Å²) < 4.78 is 23.8. The first kappa shape index (κ1) is 29.8. The fourth-order valence-electron chi connectivity index (χ4n) is 4.35. The molecule has 2 unspecified atom stereocenters. The Morgan fingerprint density at radius 1 is 0.844 bits per heavy atom. The lowest BCUT2D eigenvalue weighted by Gasteiger charge is -2.27. The number of quaternary nitrogens is 1. The minimum atomic E-state index is -3.93. The number of rotatable bonds is 19. The van der Waals surface area contributed by atoms with Gasteiger partial charge in [0.05, 0.1) is 39.9 Å². The van der Waals surface area contributed by atoms with E-state index in [1.54, 1.807) is 0 Å². The molecule has 0 aliphatic carbocycles. The van der Waals surface area contributed by atoms with Crippen LogP contribution in [0.25, 0.3) is 0 Å². The summed E-state index contributed by atoms with van der Waals surface area (Å²) in [5, 5.41) is 0. The van der Waals surface area contributed by atoms with Crippen molar-refractivity contribution in [2.45, 2.75) is 122 Å². The maximum absolute atomic E-state index is 12.2. The topological polar surface area (TPSA) is 55.8 Å². The van der Waals surface area contributed by atoms with Crippen LogP contribution >= 0.6 is 7.82 Å². The molecule has 1 saturated heterocycles. The van der Waals surface area contributed by atoms with Gasteiger partial charge in [0.25, 0.3) is 0 Å². The SMILES string of the molecule is CCCCCCCCC=CCCCCCCCCOP(=O)(O)OC1CCC[N+](C)(C)CC1. The highest BCUT2D eigenvalue weighted by atomic mass is 31.2. The minimum Gasteiger partial charge on any atom is -0.328 e. The molecule has 32 heavy (non-hydrogen) atoms. The molecule has 1 aliphatic heterocycles. The van der Waals surface area contributed by atoms with E-state index in [4.69, 9.17) is 9.05 Å². The van der Waals surface area contributed by atoms with Crippen molar-refractivity contribution in [2.75, 3.05) is 33.8 Å². The number of phosphoric acid groups is 1. The van der Waals surface area contributed by atoms with Gasteiger partial charge in [-0.1, -0.05) is 76.9 Å². The fourth-order valence-corrected chi connectivity index (χ4v) is 5.36. The first-order chi connectivity index (χ1) is 15.3. The van der Waals surface area contributed by atoms with E-state index in [-0.39, 0.29) is 6.10 Å². The van der Waals surface area contributed by atoms with Gasteiger partial charge in [0, 0.05) is 6.42 Å². The predicted molar refractivity (Wildman–Crippen MR) is 136 cm³/mol. The van der Waals surface area contributed by atoms with E-state index in [0.29, 0.717) is 6.61 Å². The summed E-state index contributed by atoms with van der Waals surface area (Å²) in [6.45, 7) is 4.64. The lowest BCUT2D eigenvalue weighted by molar-refractivity contribution is -0.889. The summed E-state index contributed by atoms with van der Waals surface area (Å²) in [5.41, 5.74) is 0. The molecule has 0 radical (unpaired) electrons. The molecule has 5 nitrogen and oxygen atoms in total. The van der Waals surface area contributed by atoms with Crippen molar-refractivity contribution in [3.8, 4) is 0 Å². The average Bonchev–Trinajstić information content (AvgIpc) is 2.90. The van der Waals surface area contributed by atoms with Crippen molar-refractivity contribution in [3.63, 3.8) is 0 Å². The second-order valence-electron chi connectivity index (χ2n) is 10.3. The third kappa shape index (κ3) is 17.3. The molecule has 190 valence electrons. The maximum Gasteiger partial charge on any atom is 0.472 e. The van der Waals surface area contributed by atoms with E-state index in [2.05, 4.69) is 33.2 Å². The summed E-state index contributed by atoms with van der Waals surface area (Å²) in [6.07, 6.45) is 24.7. The number of phosphoric ester groups is 1. The number of allylic oxidation sites excluding steroid dienone is 2. The highest BCUT2D eigenvalue weighted by molar-refractivity contribution is 7.47. The second-order valence-corrected chi connectivity index (χ2v) is 11.7. The molecule has 0 aromatic rings. The molecule has 1 N–H and O–H groups in total. The molecule has 0 aromatic carbocycles. The van der Waals surface area contributed by atoms with Crippen LogP contribution in [0.1, 0.15) is 116 Å². The van der Waals surface area contributed by atoms with Gasteiger partial charge in [0.15, 0.2) is 0 Å². The maximum atomic E-state index is 12.2. The van der Waals surface area contributed by atoms with Crippen LogP contribution in [0.15, 0.2) is 12.2 Å². The van der Waals surface area contributed by atoms with Gasteiger partial charge in [-0.3, -0.25) is 9.05 Å². The lowest BCUT2D eigenvalue weighted by atomic mass is 10.1. The van der Waals surface area contributed by atoms with Crippen LogP contribution < -0.4 is 0 Å². The summed E-state index contributed by atoms with van der Waals surface area (Å²) in [7, 11) is 0.473. The molecule has 1 aliphatic rings. The number of hydrogen-bond donors (Lipinski definition) is 1. The summed E-state index contributed by atoms with van der Waals surface area (Å²) in [6, 6.07) is 0. The van der Waals surface area contributed by atoms with Crippen molar-refractivity contribution >= 4 is 7.82 Å². The third-order valence-electron chi connectivity index (χ3n) is 6.54. The van der Waals surface area contributed by atoms with Crippen molar-refractivity contribution in [1.82, 2.24) is 0 Å². The lowest BCUT2D eigenvalue weighted by Crippen LogP contribution is -2.40. The third-order valence-corrected chi connectivity index (χ3v) is 7.61. The molecule has 6 heteroatoms. The zero-order chi connectivity index (χ0) is 23.5. The monoisotopic (exact) mass is 474 g/mol. The molecule has 0 aromatic heterocycles. The van der Waals surface area contributed by atoms with E-state index in [0.717, 1.165) is 56.1 Å². The van der Waals surface area contributed by atoms with Crippen molar-refractivity contribution in [1.29, 1.82) is 0 Å². The molecule has 1 fully saturated rings. The molecule has 0 saturated carbocycles. The Morgan fingerprint density at radius 3 is 2.03 bits per heavy atom. The summed E-state index contributed by atoms with van der Waals surface area (Å²) in [5.74, 6) is 0. The second kappa shape index (κ2) is 18.2. The molecule has 1 heterocycles. The quantitative estimate of drug-likeness (QED) is 0.0898. The van der Waals surface area contributed by atoms with E-state index in [1.165, 1.54) is 70.6 Å². The molecule has 2 atom stereocenters. The Hall–Kier alpha value is -0.190. The van der Waals surface area contributed by atoms with Crippen LogP contribution in [0.2, 0.25) is 0 Å². The molecule has 0 spiro atoms. The van der Waals surface area contributed by atoms with Crippen LogP contribution in [0, 0.1) is 0 Å². The van der Waals surface area contributed by atoms with Gasteiger partial charge in [0.1, 0.15) is 0 Å². The Labute approximate surface area is 199 Å². The number of nitrogens with zero attached hydrogens (tertiary/aromatic N) is 1. The van der Waals surface area contributed by atoms with Crippen LogP contribution in [-0.2, 0) is 13.6 Å². The molecule has 1 rings (SSSR count). The van der Waals surface area contributed by atoms with Gasteiger partial charge in [0.2, 0.25) is 0 Å². The normalized spacial score (nSPS) is 20.9. The van der Waals surface area contributed by atoms with E-state index >= 15 is 0 Å². The van der Waals surface area contributed by atoms with Crippen LogP contribution in [0.5, 0.6) is 0 Å². The van der Waals surface area contributed by atoms with E-state index < -0.39 is 7.82 Å². The van der Waals surface area contributed by atoms with E-state index in [1.807, 2.05) is 0 Å². The zero-order valence-corrected chi connectivity index (χ0v) is 22.3. The Bertz CT molecular complexity index is 524. The molecule has 0 bridgehead atoms. The summed E-state index contributed by atoms with van der Waals surface area (Å²) >= 11 is 0. The van der Waals surface area contributed by atoms with E-state index in [9.17, 15) is 9.46 Å². The van der Waals surface area contributed by atoms with Gasteiger partial charge >= 0.3 is 7.82 Å². The van der Waals surface area contributed by atoms with Gasteiger partial charge in [-0.15, -0.1) is 0 Å². The van der Waals surface area contributed by atoms with Crippen molar-refractivity contribution < 1.29 is 23.0 Å². The predicted octanol–water partition coefficient (Wildman–Crippen LogP) is 7.79. The fraction of sp³-hybridized carbons (Fsp3) is 0.923. The number of unbranched alkanes of at least 4 members (excludes halogenated alkanes) is 12. The smallest absolute Gasteiger partial charge is 0.328 e. The summed E-state index contributed by atoms with van der Waals surface area (Å²) in [4.78, 5) is 10.0. The average molecular weight is 475 g/mol. The highest BCUT2D eigenvalue weighted by Gasteiger charge is 2.30. The van der Waals surface area contributed by atoms with Gasteiger partial charge < -0.3 is 9.38 Å². The van der Waals surface area contributed by atoms with Crippen LogP contribution in [0.4, 0.5) is 0 Å². The van der Waals surface area contributed by atoms with Gasteiger partial charge in [-0.2, -0.15) is 0 Å².